The monoisotopic (exact) mass is 236 g/mol. The Labute approximate surface area is 93.9 Å². The number of amides is 1. The first-order valence-corrected chi connectivity index (χ1v) is 5.42. The van der Waals surface area contributed by atoms with Crippen LogP contribution >= 0.6 is 0 Å². The van der Waals surface area contributed by atoms with Crippen LogP contribution in [0, 0.1) is 0 Å². The molecule has 0 bridgehead atoms. The first kappa shape index (κ1) is 13.3. The van der Waals surface area contributed by atoms with Crippen molar-refractivity contribution in [2.75, 3.05) is 33.4 Å². The van der Waals surface area contributed by atoms with Crippen LogP contribution in [0.2, 0.25) is 0 Å². The number of nitrogens with one attached hydrogen (secondary N) is 1. The lowest BCUT2D eigenvalue weighted by atomic mass is 10.4. The third-order valence-electron chi connectivity index (χ3n) is 2.40. The number of methoxy groups -OCH3 is 1. The predicted octanol–water partition coefficient (Wildman–Crippen LogP) is 0.479. The highest BCUT2D eigenvalue weighted by atomic mass is 19.3. The molecule has 1 saturated carbocycles. The molecule has 1 fully saturated rings. The van der Waals surface area contributed by atoms with Crippen LogP contribution in [0.3, 0.4) is 0 Å². The molecule has 1 amide bonds. The molecule has 1 rings (SSSR count). The Hall–Kier alpha value is -0.750. The minimum Gasteiger partial charge on any atom is -0.383 e. The van der Waals surface area contributed by atoms with Crippen LogP contribution in [0.4, 0.5) is 8.78 Å². The number of halogens is 2. The van der Waals surface area contributed by atoms with E-state index in [4.69, 9.17) is 4.74 Å². The quantitative estimate of drug-likeness (QED) is 0.623. The maximum Gasteiger partial charge on any atom is 0.255 e. The van der Waals surface area contributed by atoms with Gasteiger partial charge in [-0.25, -0.2) is 8.78 Å². The van der Waals surface area contributed by atoms with Gasteiger partial charge in [0.25, 0.3) is 6.43 Å². The highest BCUT2D eigenvalue weighted by Crippen LogP contribution is 2.27. The first-order chi connectivity index (χ1) is 7.65. The number of carbonyl (C=O) groups is 1. The molecule has 16 heavy (non-hydrogen) atoms. The lowest BCUT2D eigenvalue weighted by Gasteiger charge is -2.22. The van der Waals surface area contributed by atoms with Crippen molar-refractivity contribution in [3.8, 4) is 0 Å². The van der Waals surface area contributed by atoms with Gasteiger partial charge in [0.1, 0.15) is 0 Å². The molecule has 0 aromatic carbocycles. The van der Waals surface area contributed by atoms with Crippen molar-refractivity contribution in [3.05, 3.63) is 0 Å². The molecule has 0 saturated heterocycles. The number of rotatable bonds is 8. The lowest BCUT2D eigenvalue weighted by molar-refractivity contribution is -0.132. The molecule has 94 valence electrons. The Morgan fingerprint density at radius 1 is 1.56 bits per heavy atom. The molecule has 0 atom stereocenters. The summed E-state index contributed by atoms with van der Waals surface area (Å²) in [5.41, 5.74) is 0. The van der Waals surface area contributed by atoms with Crippen LogP contribution in [0.15, 0.2) is 0 Å². The Morgan fingerprint density at radius 2 is 2.25 bits per heavy atom. The van der Waals surface area contributed by atoms with Gasteiger partial charge in [0.15, 0.2) is 0 Å². The van der Waals surface area contributed by atoms with Gasteiger partial charge in [0.2, 0.25) is 5.91 Å². The van der Waals surface area contributed by atoms with Crippen molar-refractivity contribution in [1.82, 2.24) is 10.2 Å². The van der Waals surface area contributed by atoms with Gasteiger partial charge in [-0.3, -0.25) is 4.79 Å². The van der Waals surface area contributed by atoms with Crippen LogP contribution in [0.25, 0.3) is 0 Å². The van der Waals surface area contributed by atoms with Gasteiger partial charge in [-0.05, 0) is 12.8 Å². The van der Waals surface area contributed by atoms with Crippen molar-refractivity contribution < 1.29 is 18.3 Å². The predicted molar refractivity (Wildman–Crippen MR) is 55.5 cm³/mol. The fourth-order valence-electron chi connectivity index (χ4n) is 1.46. The second kappa shape index (κ2) is 6.75. The van der Waals surface area contributed by atoms with Crippen molar-refractivity contribution in [2.45, 2.75) is 25.3 Å². The third-order valence-corrected chi connectivity index (χ3v) is 2.40. The second-order valence-electron chi connectivity index (χ2n) is 3.84. The molecule has 0 unspecified atom stereocenters. The second-order valence-corrected chi connectivity index (χ2v) is 3.84. The average molecular weight is 236 g/mol. The topological polar surface area (TPSA) is 41.6 Å². The molecule has 1 aliphatic carbocycles. The first-order valence-electron chi connectivity index (χ1n) is 5.42. The molecular weight excluding hydrogens is 218 g/mol. The van der Waals surface area contributed by atoms with Gasteiger partial charge in [-0.1, -0.05) is 0 Å². The summed E-state index contributed by atoms with van der Waals surface area (Å²) >= 11 is 0. The van der Waals surface area contributed by atoms with Crippen molar-refractivity contribution in [3.63, 3.8) is 0 Å². The zero-order valence-corrected chi connectivity index (χ0v) is 9.42. The van der Waals surface area contributed by atoms with Crippen LogP contribution in [0.1, 0.15) is 12.8 Å². The summed E-state index contributed by atoms with van der Waals surface area (Å²) in [7, 11) is 1.57. The van der Waals surface area contributed by atoms with E-state index >= 15 is 0 Å². The van der Waals surface area contributed by atoms with Crippen molar-refractivity contribution >= 4 is 5.91 Å². The van der Waals surface area contributed by atoms with Gasteiger partial charge in [-0.15, -0.1) is 0 Å². The number of carbonyl (C=O) groups excluding carboxylic acids is 1. The molecule has 4 nitrogen and oxygen atoms in total. The fraction of sp³-hybridized carbons (Fsp3) is 0.900. The normalized spacial score (nSPS) is 15.5. The van der Waals surface area contributed by atoms with E-state index in [2.05, 4.69) is 5.32 Å². The van der Waals surface area contributed by atoms with E-state index in [0.29, 0.717) is 13.2 Å². The van der Waals surface area contributed by atoms with E-state index in [-0.39, 0.29) is 18.5 Å². The molecule has 0 radical (unpaired) electrons. The van der Waals surface area contributed by atoms with Crippen LogP contribution in [-0.2, 0) is 9.53 Å². The average Bonchev–Trinajstić information content (AvgIpc) is 3.04. The largest absolute Gasteiger partial charge is 0.383 e. The van der Waals surface area contributed by atoms with Crippen molar-refractivity contribution in [2.24, 2.45) is 0 Å². The van der Waals surface area contributed by atoms with E-state index in [1.807, 2.05) is 0 Å². The highest BCUT2D eigenvalue weighted by molar-refractivity contribution is 5.79. The molecule has 0 spiro atoms. The summed E-state index contributed by atoms with van der Waals surface area (Å²) in [4.78, 5) is 12.9. The number of ether oxygens (including phenoxy) is 1. The van der Waals surface area contributed by atoms with Gasteiger partial charge in [0.05, 0.1) is 19.7 Å². The fourth-order valence-corrected chi connectivity index (χ4v) is 1.46. The molecule has 1 aliphatic rings. The minimum absolute atomic E-state index is 0.0331. The zero-order chi connectivity index (χ0) is 12.0. The Morgan fingerprint density at radius 3 is 2.75 bits per heavy atom. The molecule has 0 aromatic rings. The number of hydrogen-bond donors (Lipinski definition) is 1. The maximum atomic E-state index is 12.2. The lowest BCUT2D eigenvalue weighted by Crippen LogP contribution is -2.42. The van der Waals surface area contributed by atoms with Crippen LogP contribution < -0.4 is 5.32 Å². The van der Waals surface area contributed by atoms with Gasteiger partial charge in [-0.2, -0.15) is 0 Å². The molecule has 1 N–H and O–H groups in total. The van der Waals surface area contributed by atoms with E-state index in [1.165, 1.54) is 4.90 Å². The minimum atomic E-state index is -2.46. The summed E-state index contributed by atoms with van der Waals surface area (Å²) < 4.78 is 29.3. The molecule has 0 aromatic heterocycles. The summed E-state index contributed by atoms with van der Waals surface area (Å²) in [5, 5.41) is 2.86. The Kier molecular flexibility index (Phi) is 5.62. The molecular formula is C10H18F2N2O2. The number of nitrogens with zero attached hydrogens (tertiary/aromatic N) is 1. The summed E-state index contributed by atoms with van der Waals surface area (Å²) in [6.45, 7) is 0.711. The maximum absolute atomic E-state index is 12.2. The van der Waals surface area contributed by atoms with Crippen LogP contribution in [0.5, 0.6) is 0 Å². The molecule has 6 heteroatoms. The van der Waals surface area contributed by atoms with E-state index in [0.717, 1.165) is 12.8 Å². The number of hydrogen-bond acceptors (Lipinski definition) is 3. The van der Waals surface area contributed by atoms with Gasteiger partial charge >= 0.3 is 0 Å². The standard InChI is InChI=1S/C10H18F2N2O2/c1-16-5-4-13-6-10(15)14(7-9(11)12)8-2-3-8/h8-9,13H,2-7H2,1H3. The van der Waals surface area contributed by atoms with Gasteiger partial charge in [0, 0.05) is 19.7 Å². The molecule has 0 aliphatic heterocycles. The third kappa shape index (κ3) is 4.85. The number of alkyl halides is 2. The van der Waals surface area contributed by atoms with Crippen molar-refractivity contribution in [1.29, 1.82) is 0 Å². The highest BCUT2D eigenvalue weighted by Gasteiger charge is 2.33. The van der Waals surface area contributed by atoms with E-state index in [9.17, 15) is 13.6 Å². The molecule has 0 heterocycles. The Bertz CT molecular complexity index is 223. The smallest absolute Gasteiger partial charge is 0.255 e. The van der Waals surface area contributed by atoms with E-state index in [1.54, 1.807) is 7.11 Å². The summed E-state index contributed by atoms with van der Waals surface area (Å²) in [6, 6.07) is 0.0331. The SMILES string of the molecule is COCCNCC(=O)N(CC(F)F)C1CC1. The Balaban J connectivity index is 2.24. The van der Waals surface area contributed by atoms with Gasteiger partial charge < -0.3 is 15.0 Å². The summed E-state index contributed by atoms with van der Waals surface area (Å²) in [5.74, 6) is -0.251. The van der Waals surface area contributed by atoms with Crippen LogP contribution in [-0.4, -0.2) is 56.6 Å². The van der Waals surface area contributed by atoms with E-state index < -0.39 is 13.0 Å². The zero-order valence-electron chi connectivity index (χ0n) is 9.42. The summed E-state index contributed by atoms with van der Waals surface area (Å²) in [6.07, 6.45) is -0.768.